The minimum atomic E-state index is -1.07. The Hall–Kier alpha value is -0.920. The lowest BCUT2D eigenvalue weighted by Crippen LogP contribution is -2.28. The number of benzene rings is 1. The van der Waals surface area contributed by atoms with E-state index in [1.165, 1.54) is 11.0 Å². The molecule has 5 nitrogen and oxygen atoms in total. The lowest BCUT2D eigenvalue weighted by Gasteiger charge is -2.20. The predicted molar refractivity (Wildman–Crippen MR) is 78.3 cm³/mol. The largest absolute Gasteiger partial charge is 0.478 e. The van der Waals surface area contributed by atoms with Crippen molar-refractivity contribution in [2.45, 2.75) is 6.42 Å². The molecule has 7 heteroatoms. The van der Waals surface area contributed by atoms with Crippen molar-refractivity contribution in [1.29, 1.82) is 0 Å². The van der Waals surface area contributed by atoms with Crippen molar-refractivity contribution >= 4 is 49.4 Å². The molecule has 0 aliphatic carbocycles. The standard InChI is InChI=1S/C12H12Br2N2O3/c13-7-2-8(12(18)19)11(9(14)3-7)16-5-6(4-15)1-10(16)17/h2-3,6H,1,4-5,15H2,(H,18,19). The molecule has 1 aromatic carbocycles. The minimum absolute atomic E-state index is 0.0738. The van der Waals surface area contributed by atoms with Crippen LogP contribution in [0, 0.1) is 5.92 Å². The Kier molecular flexibility index (Phi) is 4.27. The van der Waals surface area contributed by atoms with Crippen molar-refractivity contribution in [3.8, 4) is 0 Å². The molecular weight excluding hydrogens is 380 g/mol. The molecular formula is C12H12Br2N2O3. The molecule has 1 atom stereocenters. The fraction of sp³-hybridized carbons (Fsp3) is 0.333. The smallest absolute Gasteiger partial charge is 0.337 e. The van der Waals surface area contributed by atoms with Crippen LogP contribution in [-0.2, 0) is 4.79 Å². The average Bonchev–Trinajstić information content (AvgIpc) is 2.69. The molecule has 0 saturated carbocycles. The molecule has 1 aliphatic heterocycles. The molecule has 2 rings (SSSR count). The fourth-order valence-electron chi connectivity index (χ4n) is 2.16. The Morgan fingerprint density at radius 2 is 2.16 bits per heavy atom. The molecule has 3 N–H and O–H groups in total. The van der Waals surface area contributed by atoms with Gasteiger partial charge in [0.2, 0.25) is 5.91 Å². The number of aromatic carboxylic acids is 1. The van der Waals surface area contributed by atoms with E-state index in [2.05, 4.69) is 31.9 Å². The molecule has 19 heavy (non-hydrogen) atoms. The summed E-state index contributed by atoms with van der Waals surface area (Å²) in [5, 5.41) is 9.28. The summed E-state index contributed by atoms with van der Waals surface area (Å²) in [4.78, 5) is 24.8. The van der Waals surface area contributed by atoms with E-state index in [1.807, 2.05) is 0 Å². The molecule has 1 amide bonds. The number of anilines is 1. The Balaban J connectivity index is 2.50. The van der Waals surface area contributed by atoms with Gasteiger partial charge in [0, 0.05) is 21.9 Å². The number of carboxylic acid groups (broad SMARTS) is 1. The number of rotatable bonds is 3. The molecule has 1 saturated heterocycles. The highest BCUT2D eigenvalue weighted by Gasteiger charge is 2.33. The van der Waals surface area contributed by atoms with Crippen LogP contribution < -0.4 is 10.6 Å². The second-order valence-corrected chi connectivity index (χ2v) is 6.17. The normalized spacial score (nSPS) is 19.0. The van der Waals surface area contributed by atoms with Crippen molar-refractivity contribution < 1.29 is 14.7 Å². The number of carboxylic acids is 1. The van der Waals surface area contributed by atoms with Gasteiger partial charge in [0.05, 0.1) is 11.3 Å². The third-order valence-corrected chi connectivity index (χ3v) is 4.13. The van der Waals surface area contributed by atoms with Crippen LogP contribution >= 0.6 is 31.9 Å². The predicted octanol–water partition coefficient (Wildman–Crippen LogP) is 2.22. The molecule has 1 aliphatic rings. The van der Waals surface area contributed by atoms with E-state index in [9.17, 15) is 14.7 Å². The zero-order valence-corrected chi connectivity index (χ0v) is 13.1. The number of carbonyl (C=O) groups excluding carboxylic acids is 1. The highest BCUT2D eigenvalue weighted by atomic mass is 79.9. The van der Waals surface area contributed by atoms with Gasteiger partial charge in [0.25, 0.3) is 0 Å². The van der Waals surface area contributed by atoms with Crippen molar-refractivity contribution in [3.63, 3.8) is 0 Å². The fourth-order valence-corrected chi connectivity index (χ4v) is 3.60. The SMILES string of the molecule is NCC1CC(=O)N(c2c(Br)cc(Br)cc2C(=O)O)C1. The zero-order valence-electron chi connectivity index (χ0n) is 9.90. The van der Waals surface area contributed by atoms with Crippen molar-refractivity contribution in [2.75, 3.05) is 18.0 Å². The monoisotopic (exact) mass is 390 g/mol. The van der Waals surface area contributed by atoms with Gasteiger partial charge in [-0.15, -0.1) is 0 Å². The molecule has 0 radical (unpaired) electrons. The van der Waals surface area contributed by atoms with Crippen molar-refractivity contribution in [3.05, 3.63) is 26.6 Å². The maximum absolute atomic E-state index is 12.0. The first-order valence-electron chi connectivity index (χ1n) is 5.66. The summed E-state index contributed by atoms with van der Waals surface area (Å²) in [5.41, 5.74) is 6.07. The summed E-state index contributed by atoms with van der Waals surface area (Å²) in [7, 11) is 0. The van der Waals surface area contributed by atoms with E-state index in [1.54, 1.807) is 6.07 Å². The van der Waals surface area contributed by atoms with Crippen molar-refractivity contribution in [2.24, 2.45) is 11.7 Å². The molecule has 1 fully saturated rings. The van der Waals surface area contributed by atoms with Crippen LogP contribution in [0.5, 0.6) is 0 Å². The quantitative estimate of drug-likeness (QED) is 0.827. The van der Waals surface area contributed by atoms with E-state index < -0.39 is 5.97 Å². The second kappa shape index (κ2) is 5.60. The lowest BCUT2D eigenvalue weighted by molar-refractivity contribution is -0.117. The van der Waals surface area contributed by atoms with E-state index in [4.69, 9.17) is 5.73 Å². The highest BCUT2D eigenvalue weighted by Crippen LogP contribution is 2.36. The number of carbonyl (C=O) groups is 2. The second-order valence-electron chi connectivity index (χ2n) is 4.40. The van der Waals surface area contributed by atoms with Crippen LogP contribution in [0.2, 0.25) is 0 Å². The molecule has 0 spiro atoms. The average molecular weight is 392 g/mol. The summed E-state index contributed by atoms with van der Waals surface area (Å²) in [5.74, 6) is -1.09. The van der Waals surface area contributed by atoms with Crippen molar-refractivity contribution in [1.82, 2.24) is 0 Å². The lowest BCUT2D eigenvalue weighted by atomic mass is 10.1. The first kappa shape index (κ1) is 14.5. The van der Waals surface area contributed by atoms with E-state index in [0.717, 1.165) is 0 Å². The topological polar surface area (TPSA) is 83.6 Å². The summed E-state index contributed by atoms with van der Waals surface area (Å²) in [6.07, 6.45) is 0.359. The van der Waals surface area contributed by atoms with Crippen LogP contribution in [0.1, 0.15) is 16.8 Å². The van der Waals surface area contributed by atoms with Gasteiger partial charge in [0.1, 0.15) is 0 Å². The third kappa shape index (κ3) is 2.82. The number of nitrogens with zero attached hydrogens (tertiary/aromatic N) is 1. The van der Waals surface area contributed by atoms with Gasteiger partial charge in [0.15, 0.2) is 0 Å². The summed E-state index contributed by atoms with van der Waals surface area (Å²) in [6, 6.07) is 3.22. The molecule has 102 valence electrons. The molecule has 0 bridgehead atoms. The maximum Gasteiger partial charge on any atom is 0.337 e. The number of nitrogens with two attached hydrogens (primary N) is 1. The maximum atomic E-state index is 12.0. The number of hydrogen-bond acceptors (Lipinski definition) is 3. The van der Waals surface area contributed by atoms with Gasteiger partial charge in [-0.3, -0.25) is 4.79 Å². The molecule has 1 unspecified atom stereocenters. The molecule has 0 aromatic heterocycles. The minimum Gasteiger partial charge on any atom is -0.478 e. The number of hydrogen-bond donors (Lipinski definition) is 2. The Bertz CT molecular complexity index is 548. The number of halogens is 2. The van der Waals surface area contributed by atoms with E-state index in [-0.39, 0.29) is 17.4 Å². The zero-order chi connectivity index (χ0) is 14.2. The van der Waals surface area contributed by atoms with Gasteiger partial charge < -0.3 is 15.7 Å². The van der Waals surface area contributed by atoms with Crippen LogP contribution in [0.4, 0.5) is 5.69 Å². The first-order chi connectivity index (χ1) is 8.93. The number of amides is 1. The summed E-state index contributed by atoms with van der Waals surface area (Å²) >= 11 is 6.58. The third-order valence-electron chi connectivity index (χ3n) is 3.07. The first-order valence-corrected chi connectivity index (χ1v) is 7.25. The molecule has 1 aromatic rings. The van der Waals surface area contributed by atoms with Crippen LogP contribution in [0.25, 0.3) is 0 Å². The molecule has 1 heterocycles. The Morgan fingerprint density at radius 1 is 1.47 bits per heavy atom. The van der Waals surface area contributed by atoms with Crippen LogP contribution in [0.3, 0.4) is 0 Å². The van der Waals surface area contributed by atoms with Gasteiger partial charge >= 0.3 is 5.97 Å². The van der Waals surface area contributed by atoms with Gasteiger partial charge in [-0.2, -0.15) is 0 Å². The Labute approximate surface area is 127 Å². The van der Waals surface area contributed by atoms with E-state index in [0.29, 0.717) is 34.1 Å². The van der Waals surface area contributed by atoms with Gasteiger partial charge in [-0.25, -0.2) is 4.79 Å². The van der Waals surface area contributed by atoms with Gasteiger partial charge in [-0.05, 0) is 40.5 Å². The summed E-state index contributed by atoms with van der Waals surface area (Å²) in [6.45, 7) is 0.870. The van der Waals surface area contributed by atoms with E-state index >= 15 is 0 Å². The van der Waals surface area contributed by atoms with Crippen LogP contribution in [-0.4, -0.2) is 30.1 Å². The summed E-state index contributed by atoms with van der Waals surface area (Å²) < 4.78 is 1.22. The Morgan fingerprint density at radius 3 is 2.68 bits per heavy atom. The van der Waals surface area contributed by atoms with Gasteiger partial charge in [-0.1, -0.05) is 15.9 Å². The highest BCUT2D eigenvalue weighted by molar-refractivity contribution is 9.11. The van der Waals surface area contributed by atoms with Crippen LogP contribution in [0.15, 0.2) is 21.1 Å².